The van der Waals surface area contributed by atoms with Gasteiger partial charge in [-0.05, 0) is 37.7 Å². The first kappa shape index (κ1) is 15.7. The van der Waals surface area contributed by atoms with E-state index in [4.69, 9.17) is 17.3 Å². The summed E-state index contributed by atoms with van der Waals surface area (Å²) in [5.74, 6) is 0. The molecule has 2 unspecified atom stereocenters. The predicted molar refractivity (Wildman–Crippen MR) is 82.7 cm³/mol. The van der Waals surface area contributed by atoms with E-state index in [1.165, 1.54) is 0 Å². The lowest BCUT2D eigenvalue weighted by Crippen LogP contribution is -2.37. The SMILES string of the molecule is CN(C)CC1CC(O)CN1Cc1ccc(CN)cc1Cl. The second kappa shape index (κ2) is 6.87. The van der Waals surface area contributed by atoms with E-state index in [9.17, 15) is 5.11 Å². The highest BCUT2D eigenvalue weighted by Crippen LogP contribution is 2.25. The van der Waals surface area contributed by atoms with Gasteiger partial charge in [-0.3, -0.25) is 4.90 Å². The van der Waals surface area contributed by atoms with Crippen molar-refractivity contribution in [3.05, 3.63) is 34.3 Å². The zero-order valence-corrected chi connectivity index (χ0v) is 13.0. The molecule has 2 atom stereocenters. The summed E-state index contributed by atoms with van der Waals surface area (Å²) in [6, 6.07) is 6.38. The minimum Gasteiger partial charge on any atom is -0.392 e. The molecule has 1 heterocycles. The van der Waals surface area contributed by atoms with Gasteiger partial charge < -0.3 is 15.7 Å². The third-order valence-corrected chi connectivity index (χ3v) is 4.16. The van der Waals surface area contributed by atoms with Crippen LogP contribution in [-0.4, -0.2) is 54.2 Å². The van der Waals surface area contributed by atoms with Crippen molar-refractivity contribution in [2.45, 2.75) is 31.7 Å². The zero-order chi connectivity index (χ0) is 14.7. The Bertz CT molecular complexity index is 453. The molecule has 0 bridgehead atoms. The maximum Gasteiger partial charge on any atom is 0.0682 e. The Kier molecular flexibility index (Phi) is 5.41. The fourth-order valence-corrected chi connectivity index (χ4v) is 3.09. The van der Waals surface area contributed by atoms with Gasteiger partial charge in [0, 0.05) is 37.2 Å². The molecule has 1 fully saturated rings. The number of nitrogens with two attached hydrogens (primary N) is 1. The van der Waals surface area contributed by atoms with Gasteiger partial charge in [0.05, 0.1) is 6.10 Å². The largest absolute Gasteiger partial charge is 0.392 e. The minimum absolute atomic E-state index is 0.234. The highest BCUT2D eigenvalue weighted by atomic mass is 35.5. The quantitative estimate of drug-likeness (QED) is 0.860. The number of rotatable bonds is 5. The van der Waals surface area contributed by atoms with Crippen molar-refractivity contribution in [1.29, 1.82) is 0 Å². The van der Waals surface area contributed by atoms with Gasteiger partial charge >= 0.3 is 0 Å². The topological polar surface area (TPSA) is 52.7 Å². The van der Waals surface area contributed by atoms with Crippen LogP contribution in [-0.2, 0) is 13.1 Å². The Morgan fingerprint density at radius 1 is 1.45 bits per heavy atom. The lowest BCUT2D eigenvalue weighted by molar-refractivity contribution is 0.169. The van der Waals surface area contributed by atoms with Crippen molar-refractivity contribution >= 4 is 11.6 Å². The summed E-state index contributed by atoms with van der Waals surface area (Å²) in [7, 11) is 4.12. The number of benzene rings is 1. The fraction of sp³-hybridized carbons (Fsp3) is 0.600. The number of β-amino-alcohol motifs (C(OH)–C–C–N with tert-alkyl or cyclic N) is 1. The van der Waals surface area contributed by atoms with Gasteiger partial charge in [0.15, 0.2) is 0 Å². The molecule has 1 aromatic rings. The zero-order valence-electron chi connectivity index (χ0n) is 12.2. The summed E-state index contributed by atoms with van der Waals surface area (Å²) in [6.45, 7) is 2.95. The van der Waals surface area contributed by atoms with Gasteiger partial charge in [-0.25, -0.2) is 0 Å². The molecule has 1 aromatic carbocycles. The highest BCUT2D eigenvalue weighted by molar-refractivity contribution is 6.31. The number of halogens is 1. The van der Waals surface area contributed by atoms with Gasteiger partial charge in [-0.15, -0.1) is 0 Å². The van der Waals surface area contributed by atoms with E-state index >= 15 is 0 Å². The van der Waals surface area contributed by atoms with Crippen molar-refractivity contribution in [3.8, 4) is 0 Å². The minimum atomic E-state index is -0.234. The number of hydrogen-bond donors (Lipinski definition) is 2. The van der Waals surface area contributed by atoms with Crippen LogP contribution in [0.1, 0.15) is 17.5 Å². The van der Waals surface area contributed by atoms with Crippen LogP contribution in [0.4, 0.5) is 0 Å². The molecule has 0 saturated carbocycles. The van der Waals surface area contributed by atoms with Crippen molar-refractivity contribution in [3.63, 3.8) is 0 Å². The molecule has 5 heteroatoms. The van der Waals surface area contributed by atoms with E-state index in [-0.39, 0.29) is 6.10 Å². The molecule has 2 rings (SSSR count). The third-order valence-electron chi connectivity index (χ3n) is 3.81. The Hall–Kier alpha value is -0.650. The van der Waals surface area contributed by atoms with E-state index in [0.717, 1.165) is 35.7 Å². The molecular formula is C15H24ClN3O. The summed E-state index contributed by atoms with van der Waals surface area (Å²) in [6.07, 6.45) is 0.596. The smallest absolute Gasteiger partial charge is 0.0682 e. The fourth-order valence-electron chi connectivity index (χ4n) is 2.83. The Balaban J connectivity index is 2.07. The second-order valence-electron chi connectivity index (χ2n) is 5.86. The molecule has 1 saturated heterocycles. The maximum absolute atomic E-state index is 9.90. The van der Waals surface area contributed by atoms with Crippen LogP contribution in [0.3, 0.4) is 0 Å². The summed E-state index contributed by atoms with van der Waals surface area (Å²) in [5.41, 5.74) is 7.76. The molecule has 112 valence electrons. The number of nitrogens with zero attached hydrogens (tertiary/aromatic N) is 2. The maximum atomic E-state index is 9.90. The molecule has 3 N–H and O–H groups in total. The summed E-state index contributed by atoms with van der Waals surface area (Å²) < 4.78 is 0. The Morgan fingerprint density at radius 2 is 2.20 bits per heavy atom. The van der Waals surface area contributed by atoms with Crippen molar-refractivity contribution in [2.75, 3.05) is 27.2 Å². The van der Waals surface area contributed by atoms with Crippen LogP contribution in [0.15, 0.2) is 18.2 Å². The third kappa shape index (κ3) is 3.93. The molecule has 1 aliphatic heterocycles. The van der Waals surface area contributed by atoms with E-state index in [2.05, 4.69) is 23.9 Å². The highest BCUT2D eigenvalue weighted by Gasteiger charge is 2.31. The standard InChI is InChI=1S/C15H24ClN3O/c1-18(2)9-13-6-14(20)10-19(13)8-12-4-3-11(7-17)5-15(12)16/h3-5,13-14,20H,6-10,17H2,1-2H3. The predicted octanol–water partition coefficient (Wildman–Crippen LogP) is 1.30. The van der Waals surface area contributed by atoms with Crippen molar-refractivity contribution in [1.82, 2.24) is 9.80 Å². The van der Waals surface area contributed by atoms with E-state index < -0.39 is 0 Å². The lowest BCUT2D eigenvalue weighted by atomic mass is 10.1. The number of likely N-dealkylation sites (tertiary alicyclic amines) is 1. The molecule has 1 aliphatic rings. The monoisotopic (exact) mass is 297 g/mol. The lowest BCUT2D eigenvalue weighted by Gasteiger charge is -2.27. The summed E-state index contributed by atoms with van der Waals surface area (Å²) in [4.78, 5) is 4.48. The molecular weight excluding hydrogens is 274 g/mol. The first-order valence-corrected chi connectivity index (χ1v) is 7.41. The van der Waals surface area contributed by atoms with Gasteiger partial charge in [-0.1, -0.05) is 23.7 Å². The second-order valence-corrected chi connectivity index (χ2v) is 6.27. The van der Waals surface area contributed by atoms with Gasteiger partial charge in [-0.2, -0.15) is 0 Å². The Morgan fingerprint density at radius 3 is 2.80 bits per heavy atom. The summed E-state index contributed by atoms with van der Waals surface area (Å²) in [5, 5.41) is 10.7. The van der Waals surface area contributed by atoms with Crippen LogP contribution in [0.5, 0.6) is 0 Å². The first-order valence-electron chi connectivity index (χ1n) is 7.03. The number of aliphatic hydroxyl groups excluding tert-OH is 1. The summed E-state index contributed by atoms with van der Waals surface area (Å²) >= 11 is 6.32. The Labute approximate surface area is 126 Å². The number of aliphatic hydroxyl groups is 1. The first-order chi connectivity index (χ1) is 9.49. The molecule has 4 nitrogen and oxygen atoms in total. The van der Waals surface area contributed by atoms with Gasteiger partial charge in [0.25, 0.3) is 0 Å². The molecule has 20 heavy (non-hydrogen) atoms. The van der Waals surface area contributed by atoms with Gasteiger partial charge in [0.2, 0.25) is 0 Å². The molecule has 0 aromatic heterocycles. The average molecular weight is 298 g/mol. The van der Waals surface area contributed by atoms with Crippen molar-refractivity contribution < 1.29 is 5.11 Å². The van der Waals surface area contributed by atoms with Gasteiger partial charge in [0.1, 0.15) is 0 Å². The molecule has 0 radical (unpaired) electrons. The molecule has 0 amide bonds. The van der Waals surface area contributed by atoms with Crippen molar-refractivity contribution in [2.24, 2.45) is 5.73 Å². The number of likely N-dealkylation sites (N-methyl/N-ethyl adjacent to an activating group) is 1. The molecule has 0 spiro atoms. The van der Waals surface area contributed by atoms with E-state index in [1.54, 1.807) is 0 Å². The number of hydrogen-bond acceptors (Lipinski definition) is 4. The van der Waals surface area contributed by atoms with E-state index in [0.29, 0.717) is 19.1 Å². The van der Waals surface area contributed by atoms with Crippen LogP contribution in [0.25, 0.3) is 0 Å². The van der Waals surface area contributed by atoms with E-state index in [1.807, 2.05) is 18.2 Å². The average Bonchev–Trinajstić information content (AvgIpc) is 2.71. The van der Waals surface area contributed by atoms with Crippen LogP contribution < -0.4 is 5.73 Å². The van der Waals surface area contributed by atoms with Crippen LogP contribution >= 0.6 is 11.6 Å². The van der Waals surface area contributed by atoms with Crippen LogP contribution in [0.2, 0.25) is 5.02 Å². The molecule has 0 aliphatic carbocycles. The van der Waals surface area contributed by atoms with Crippen LogP contribution in [0, 0.1) is 0 Å². The normalized spacial score (nSPS) is 23.7.